The molecule has 0 aromatic carbocycles. The van der Waals surface area contributed by atoms with Crippen LogP contribution in [0, 0.1) is 0 Å². The van der Waals surface area contributed by atoms with Gasteiger partial charge < -0.3 is 5.73 Å². The molecule has 2 rings (SSSR count). The lowest BCUT2D eigenvalue weighted by atomic mass is 9.95. The fraction of sp³-hybridized carbons (Fsp3) is 1.00. The van der Waals surface area contributed by atoms with E-state index in [9.17, 15) is 8.42 Å². The second-order valence-corrected chi connectivity index (χ2v) is 6.51. The van der Waals surface area contributed by atoms with E-state index >= 15 is 0 Å². The van der Waals surface area contributed by atoms with Gasteiger partial charge in [-0.2, -0.15) is 0 Å². The van der Waals surface area contributed by atoms with Crippen LogP contribution in [0.1, 0.15) is 32.1 Å². The summed E-state index contributed by atoms with van der Waals surface area (Å²) in [7, 11) is -2.78. The van der Waals surface area contributed by atoms with E-state index in [0.717, 1.165) is 19.3 Å². The second-order valence-electron chi connectivity index (χ2n) is 4.00. The van der Waals surface area contributed by atoms with E-state index in [1.807, 2.05) is 0 Å². The molecule has 70 valence electrons. The minimum absolute atomic E-state index is 0.111. The van der Waals surface area contributed by atoms with Crippen molar-refractivity contribution in [3.05, 3.63) is 0 Å². The lowest BCUT2D eigenvalue weighted by molar-refractivity contribution is 0.399. The molecular formula is C8H15NO2S. The maximum Gasteiger partial charge on any atom is 0.156 e. The summed E-state index contributed by atoms with van der Waals surface area (Å²) in [5, 5.41) is -0.222. The van der Waals surface area contributed by atoms with E-state index in [1.165, 1.54) is 0 Å². The topological polar surface area (TPSA) is 60.2 Å². The van der Waals surface area contributed by atoms with Gasteiger partial charge in [-0.25, -0.2) is 8.42 Å². The Kier molecular flexibility index (Phi) is 1.92. The fourth-order valence-electron chi connectivity index (χ4n) is 2.45. The molecule has 2 atom stereocenters. The smallest absolute Gasteiger partial charge is 0.156 e. The summed E-state index contributed by atoms with van der Waals surface area (Å²) in [6.07, 6.45) is 4.14. The first kappa shape index (κ1) is 8.51. The highest BCUT2D eigenvalue weighted by molar-refractivity contribution is 7.92. The predicted octanol–water partition coefficient (Wildman–Crippen LogP) is 0.443. The largest absolute Gasteiger partial charge is 0.328 e. The Labute approximate surface area is 73.2 Å². The van der Waals surface area contributed by atoms with E-state index in [0.29, 0.717) is 12.8 Å². The van der Waals surface area contributed by atoms with Crippen LogP contribution in [0.15, 0.2) is 0 Å². The highest BCUT2D eigenvalue weighted by Crippen LogP contribution is 2.35. The third-order valence-electron chi connectivity index (χ3n) is 3.11. The molecular weight excluding hydrogens is 174 g/mol. The van der Waals surface area contributed by atoms with Crippen molar-refractivity contribution in [2.45, 2.75) is 48.6 Å². The van der Waals surface area contributed by atoms with E-state index in [2.05, 4.69) is 0 Å². The molecule has 2 unspecified atom stereocenters. The lowest BCUT2D eigenvalue weighted by Gasteiger charge is -2.37. The van der Waals surface area contributed by atoms with Crippen molar-refractivity contribution in [1.29, 1.82) is 0 Å². The van der Waals surface area contributed by atoms with Crippen molar-refractivity contribution in [3.63, 3.8) is 0 Å². The molecule has 0 aliphatic carbocycles. The molecule has 0 aromatic heterocycles. The quantitative estimate of drug-likeness (QED) is 0.601. The van der Waals surface area contributed by atoms with Gasteiger partial charge in [-0.1, -0.05) is 6.42 Å². The van der Waals surface area contributed by atoms with Crippen LogP contribution in [0.3, 0.4) is 0 Å². The first-order chi connectivity index (χ1) is 5.60. The standard InChI is InChI=1S/C8H15NO2S/c9-6-4-7-2-1-3-8(5-6)12(7,10)11/h6-8H,1-5,9H2. The summed E-state index contributed by atoms with van der Waals surface area (Å²) in [6, 6.07) is 0.129. The molecule has 2 saturated heterocycles. The molecule has 2 bridgehead atoms. The number of sulfone groups is 1. The van der Waals surface area contributed by atoms with Gasteiger partial charge in [0.2, 0.25) is 0 Å². The summed E-state index contributed by atoms with van der Waals surface area (Å²) >= 11 is 0. The van der Waals surface area contributed by atoms with Crippen molar-refractivity contribution >= 4 is 9.84 Å². The molecule has 0 radical (unpaired) electrons. The zero-order chi connectivity index (χ0) is 8.77. The molecule has 2 fully saturated rings. The summed E-state index contributed by atoms with van der Waals surface area (Å²) in [4.78, 5) is 0. The first-order valence-electron chi connectivity index (χ1n) is 4.59. The van der Waals surface area contributed by atoms with Crippen LogP contribution in [-0.2, 0) is 9.84 Å². The molecule has 2 N–H and O–H groups in total. The zero-order valence-corrected chi connectivity index (χ0v) is 7.89. The Morgan fingerprint density at radius 2 is 1.58 bits per heavy atom. The van der Waals surface area contributed by atoms with Gasteiger partial charge in [0.1, 0.15) is 0 Å². The van der Waals surface area contributed by atoms with Crippen LogP contribution in [0.2, 0.25) is 0 Å². The van der Waals surface area contributed by atoms with E-state index in [1.54, 1.807) is 0 Å². The van der Waals surface area contributed by atoms with E-state index < -0.39 is 9.84 Å². The Bertz CT molecular complexity index is 253. The highest BCUT2D eigenvalue weighted by atomic mass is 32.2. The number of hydrogen-bond acceptors (Lipinski definition) is 3. The van der Waals surface area contributed by atoms with Crippen molar-refractivity contribution in [1.82, 2.24) is 0 Å². The van der Waals surface area contributed by atoms with Gasteiger partial charge in [0.05, 0.1) is 10.5 Å². The summed E-state index contributed by atoms with van der Waals surface area (Å²) in [6.45, 7) is 0. The molecule has 4 heteroatoms. The number of nitrogens with two attached hydrogens (primary N) is 1. The second kappa shape index (κ2) is 2.70. The van der Waals surface area contributed by atoms with E-state index in [4.69, 9.17) is 5.73 Å². The predicted molar refractivity (Wildman–Crippen MR) is 47.6 cm³/mol. The molecule has 2 heterocycles. The van der Waals surface area contributed by atoms with Crippen LogP contribution in [-0.4, -0.2) is 25.0 Å². The summed E-state index contributed by atoms with van der Waals surface area (Å²) < 4.78 is 23.4. The number of hydrogen-bond donors (Lipinski definition) is 1. The van der Waals surface area contributed by atoms with Gasteiger partial charge in [-0.3, -0.25) is 0 Å². The minimum atomic E-state index is -2.78. The summed E-state index contributed by atoms with van der Waals surface area (Å²) in [5.41, 5.74) is 5.78. The molecule has 3 nitrogen and oxygen atoms in total. The zero-order valence-electron chi connectivity index (χ0n) is 7.07. The maximum atomic E-state index is 11.7. The molecule has 0 spiro atoms. The average Bonchev–Trinajstić information content (AvgIpc) is 1.92. The van der Waals surface area contributed by atoms with Gasteiger partial charge >= 0.3 is 0 Å². The number of fused-ring (bicyclic) bond motifs is 2. The van der Waals surface area contributed by atoms with Gasteiger partial charge in [-0.05, 0) is 25.7 Å². The first-order valence-corrected chi connectivity index (χ1v) is 6.20. The summed E-state index contributed by atoms with van der Waals surface area (Å²) in [5.74, 6) is 0. The van der Waals surface area contributed by atoms with Crippen LogP contribution in [0.4, 0.5) is 0 Å². The SMILES string of the molecule is NC1CC2CCCC(C1)S2(=O)=O. The third kappa shape index (κ3) is 1.17. The average molecular weight is 189 g/mol. The Hall–Kier alpha value is -0.0900. The van der Waals surface area contributed by atoms with Crippen LogP contribution < -0.4 is 5.73 Å². The van der Waals surface area contributed by atoms with Crippen molar-refractivity contribution < 1.29 is 8.42 Å². The van der Waals surface area contributed by atoms with Gasteiger partial charge in [0.25, 0.3) is 0 Å². The normalized spacial score (nSPS) is 45.6. The fourth-order valence-corrected chi connectivity index (χ4v) is 5.02. The van der Waals surface area contributed by atoms with Crippen LogP contribution in [0.25, 0.3) is 0 Å². The molecule has 2 aliphatic rings. The Balaban J connectivity index is 2.30. The van der Waals surface area contributed by atoms with Crippen molar-refractivity contribution in [2.24, 2.45) is 5.73 Å². The Morgan fingerprint density at radius 3 is 2.08 bits per heavy atom. The van der Waals surface area contributed by atoms with Gasteiger partial charge in [0.15, 0.2) is 9.84 Å². The van der Waals surface area contributed by atoms with Gasteiger partial charge in [0, 0.05) is 6.04 Å². The van der Waals surface area contributed by atoms with Crippen LogP contribution in [0.5, 0.6) is 0 Å². The van der Waals surface area contributed by atoms with Gasteiger partial charge in [-0.15, -0.1) is 0 Å². The Morgan fingerprint density at radius 1 is 1.08 bits per heavy atom. The molecule has 2 aliphatic heterocycles. The minimum Gasteiger partial charge on any atom is -0.328 e. The van der Waals surface area contributed by atoms with E-state index in [-0.39, 0.29) is 16.5 Å². The van der Waals surface area contributed by atoms with Crippen LogP contribution >= 0.6 is 0 Å². The molecule has 0 aromatic rings. The maximum absolute atomic E-state index is 11.7. The lowest BCUT2D eigenvalue weighted by Crippen LogP contribution is -2.47. The third-order valence-corrected chi connectivity index (χ3v) is 5.83. The number of rotatable bonds is 0. The molecule has 12 heavy (non-hydrogen) atoms. The molecule has 0 saturated carbocycles. The van der Waals surface area contributed by atoms with Crippen molar-refractivity contribution in [2.75, 3.05) is 0 Å². The monoisotopic (exact) mass is 189 g/mol. The highest BCUT2D eigenvalue weighted by Gasteiger charge is 2.42. The molecule has 0 amide bonds. The van der Waals surface area contributed by atoms with Crippen molar-refractivity contribution in [3.8, 4) is 0 Å².